The maximum Gasteiger partial charge on any atom is 0.224 e. The fourth-order valence-electron chi connectivity index (χ4n) is 2.98. The Bertz CT molecular complexity index is 759. The molecule has 0 aliphatic heterocycles. The predicted octanol–water partition coefficient (Wildman–Crippen LogP) is 3.47. The van der Waals surface area contributed by atoms with E-state index in [2.05, 4.69) is 29.3 Å². The van der Waals surface area contributed by atoms with Crippen LogP contribution in [0.15, 0.2) is 48.5 Å². The lowest BCUT2D eigenvalue weighted by Crippen LogP contribution is -2.30. The molecule has 0 spiro atoms. The van der Waals surface area contributed by atoms with Crippen LogP contribution in [0.3, 0.4) is 0 Å². The molecule has 2 aromatic rings. The van der Waals surface area contributed by atoms with Crippen LogP contribution in [0, 0.1) is 0 Å². The van der Waals surface area contributed by atoms with Crippen molar-refractivity contribution in [2.24, 2.45) is 0 Å². The lowest BCUT2D eigenvalue weighted by Gasteiger charge is -2.23. The quantitative estimate of drug-likeness (QED) is 0.515. The maximum atomic E-state index is 12.3. The second-order valence-electron chi connectivity index (χ2n) is 6.38. The lowest BCUT2D eigenvalue weighted by atomic mass is 10.0. The third-order valence-electron chi connectivity index (χ3n) is 4.47. The van der Waals surface area contributed by atoms with E-state index in [1.807, 2.05) is 18.2 Å². The van der Waals surface area contributed by atoms with Crippen molar-refractivity contribution < 1.29 is 14.3 Å². The van der Waals surface area contributed by atoms with Crippen molar-refractivity contribution in [2.75, 3.05) is 31.6 Å². The van der Waals surface area contributed by atoms with Gasteiger partial charge in [-0.15, -0.1) is 0 Å². The van der Waals surface area contributed by atoms with Gasteiger partial charge in [0.2, 0.25) is 5.91 Å². The number of nitrogens with one attached hydrogen (secondary N) is 1. The molecule has 0 aliphatic rings. The zero-order chi connectivity index (χ0) is 19.6. The highest BCUT2D eigenvalue weighted by atomic mass is 16.5. The van der Waals surface area contributed by atoms with E-state index in [4.69, 9.17) is 4.74 Å². The summed E-state index contributed by atoms with van der Waals surface area (Å²) < 4.78 is 5.30. The normalized spacial score (nSPS) is 10.3. The molecule has 27 heavy (non-hydrogen) atoms. The summed E-state index contributed by atoms with van der Waals surface area (Å²) in [4.78, 5) is 26.1. The van der Waals surface area contributed by atoms with Gasteiger partial charge in [-0.3, -0.25) is 9.59 Å². The van der Waals surface area contributed by atoms with Crippen LogP contribution < -0.4 is 15.0 Å². The monoisotopic (exact) mass is 368 g/mol. The first-order chi connectivity index (χ1) is 13.0. The Morgan fingerprint density at radius 2 is 1.85 bits per heavy atom. The molecule has 0 heterocycles. The van der Waals surface area contributed by atoms with Crippen molar-refractivity contribution >= 4 is 17.4 Å². The van der Waals surface area contributed by atoms with E-state index in [0.717, 1.165) is 25.1 Å². The summed E-state index contributed by atoms with van der Waals surface area (Å²) in [6, 6.07) is 15.4. The standard InChI is InChI=1S/C22H28N2O3/c1-4-24(20-9-6-5-7-10-20)14-8-13-23-22(26)16-19-15-18(17(2)25)11-12-21(19)27-3/h5-7,9-12,15H,4,8,13-14,16H2,1-3H3,(H,23,26). The number of ketones is 1. The zero-order valence-corrected chi connectivity index (χ0v) is 16.3. The average molecular weight is 368 g/mol. The molecular formula is C22H28N2O3. The molecule has 0 aliphatic carbocycles. The molecule has 1 N–H and O–H groups in total. The van der Waals surface area contributed by atoms with E-state index < -0.39 is 0 Å². The van der Waals surface area contributed by atoms with Gasteiger partial charge >= 0.3 is 0 Å². The van der Waals surface area contributed by atoms with Crippen LogP contribution in [0.1, 0.15) is 36.2 Å². The summed E-state index contributed by atoms with van der Waals surface area (Å²) in [5.74, 6) is 0.521. The van der Waals surface area contributed by atoms with Crippen LogP contribution >= 0.6 is 0 Å². The molecule has 5 heteroatoms. The van der Waals surface area contributed by atoms with Crippen molar-refractivity contribution in [1.82, 2.24) is 5.32 Å². The van der Waals surface area contributed by atoms with Gasteiger partial charge in [-0.1, -0.05) is 18.2 Å². The Morgan fingerprint density at radius 1 is 1.11 bits per heavy atom. The van der Waals surface area contributed by atoms with E-state index >= 15 is 0 Å². The maximum absolute atomic E-state index is 12.3. The highest BCUT2D eigenvalue weighted by molar-refractivity contribution is 5.94. The molecule has 0 saturated carbocycles. The number of anilines is 1. The molecule has 144 valence electrons. The fraction of sp³-hybridized carbons (Fsp3) is 0.364. The lowest BCUT2D eigenvalue weighted by molar-refractivity contribution is -0.120. The first kappa shape index (κ1) is 20.5. The van der Waals surface area contributed by atoms with Gasteiger partial charge in [0.05, 0.1) is 13.5 Å². The van der Waals surface area contributed by atoms with E-state index in [0.29, 0.717) is 17.9 Å². The molecule has 0 unspecified atom stereocenters. The van der Waals surface area contributed by atoms with E-state index in [1.165, 1.54) is 12.6 Å². The predicted molar refractivity (Wildman–Crippen MR) is 109 cm³/mol. The number of carbonyl (C=O) groups excluding carboxylic acids is 2. The highest BCUT2D eigenvalue weighted by Gasteiger charge is 2.11. The first-order valence-electron chi connectivity index (χ1n) is 9.29. The number of Topliss-reactive ketones (excluding diaryl/α,β-unsaturated/α-hetero) is 1. The molecule has 0 aromatic heterocycles. The Balaban J connectivity index is 1.84. The minimum absolute atomic E-state index is 0.0279. The van der Waals surface area contributed by atoms with Crippen LogP contribution in [0.25, 0.3) is 0 Å². The van der Waals surface area contributed by atoms with Crippen LogP contribution in [-0.4, -0.2) is 38.4 Å². The molecule has 0 fully saturated rings. The number of hydrogen-bond donors (Lipinski definition) is 1. The Morgan fingerprint density at radius 3 is 2.48 bits per heavy atom. The minimum atomic E-state index is -0.0724. The SMILES string of the molecule is CCN(CCCNC(=O)Cc1cc(C(C)=O)ccc1OC)c1ccccc1. The van der Waals surface area contributed by atoms with Crippen molar-refractivity contribution in [2.45, 2.75) is 26.7 Å². The van der Waals surface area contributed by atoms with E-state index in [9.17, 15) is 9.59 Å². The number of nitrogens with zero attached hydrogens (tertiary/aromatic N) is 1. The molecule has 0 saturated heterocycles. The number of benzene rings is 2. The van der Waals surface area contributed by atoms with Crippen LogP contribution in [0.5, 0.6) is 5.75 Å². The summed E-state index contributed by atoms with van der Waals surface area (Å²) in [6.45, 7) is 6.05. The van der Waals surface area contributed by atoms with Gasteiger partial charge < -0.3 is 15.0 Å². The molecular weight excluding hydrogens is 340 g/mol. The number of hydrogen-bond acceptors (Lipinski definition) is 4. The number of para-hydroxylation sites is 1. The Kier molecular flexibility index (Phi) is 7.86. The third kappa shape index (κ3) is 6.13. The molecule has 1 amide bonds. The molecule has 0 atom stereocenters. The fourth-order valence-corrected chi connectivity index (χ4v) is 2.98. The van der Waals surface area contributed by atoms with Crippen LogP contribution in [0.2, 0.25) is 0 Å². The Labute approximate surface area is 161 Å². The van der Waals surface area contributed by atoms with Gasteiger partial charge in [0, 0.05) is 36.4 Å². The first-order valence-corrected chi connectivity index (χ1v) is 9.29. The zero-order valence-electron chi connectivity index (χ0n) is 16.3. The van der Waals surface area contributed by atoms with E-state index in [-0.39, 0.29) is 18.1 Å². The number of ether oxygens (including phenoxy) is 1. The van der Waals surface area contributed by atoms with Crippen LogP contribution in [-0.2, 0) is 11.2 Å². The van der Waals surface area contributed by atoms with Gasteiger partial charge in [0.1, 0.15) is 5.75 Å². The molecule has 2 rings (SSSR count). The molecule has 0 bridgehead atoms. The van der Waals surface area contributed by atoms with Gasteiger partial charge in [-0.2, -0.15) is 0 Å². The largest absolute Gasteiger partial charge is 0.496 e. The van der Waals surface area contributed by atoms with Gasteiger partial charge in [0.15, 0.2) is 5.78 Å². The summed E-state index contributed by atoms with van der Waals surface area (Å²) in [6.07, 6.45) is 1.06. The second-order valence-corrected chi connectivity index (χ2v) is 6.38. The van der Waals surface area contributed by atoms with Crippen molar-refractivity contribution in [1.29, 1.82) is 0 Å². The molecule has 5 nitrogen and oxygen atoms in total. The Hall–Kier alpha value is -2.82. The summed E-state index contributed by atoms with van der Waals surface area (Å²) in [5, 5.41) is 2.96. The summed E-state index contributed by atoms with van der Waals surface area (Å²) >= 11 is 0. The smallest absolute Gasteiger partial charge is 0.224 e. The average Bonchev–Trinajstić information content (AvgIpc) is 2.68. The summed E-state index contributed by atoms with van der Waals surface area (Å²) in [7, 11) is 1.56. The number of methoxy groups -OCH3 is 1. The van der Waals surface area contributed by atoms with Crippen molar-refractivity contribution in [3.8, 4) is 5.75 Å². The topological polar surface area (TPSA) is 58.6 Å². The van der Waals surface area contributed by atoms with E-state index in [1.54, 1.807) is 25.3 Å². The van der Waals surface area contributed by atoms with Gasteiger partial charge in [-0.05, 0) is 50.6 Å². The molecule has 0 radical (unpaired) electrons. The third-order valence-corrected chi connectivity index (χ3v) is 4.47. The van der Waals surface area contributed by atoms with Gasteiger partial charge in [0.25, 0.3) is 0 Å². The molecule has 2 aromatic carbocycles. The number of carbonyl (C=O) groups is 2. The minimum Gasteiger partial charge on any atom is -0.496 e. The number of amides is 1. The van der Waals surface area contributed by atoms with Crippen molar-refractivity contribution in [3.05, 3.63) is 59.7 Å². The highest BCUT2D eigenvalue weighted by Crippen LogP contribution is 2.21. The van der Waals surface area contributed by atoms with Crippen LogP contribution in [0.4, 0.5) is 5.69 Å². The van der Waals surface area contributed by atoms with Gasteiger partial charge in [-0.25, -0.2) is 0 Å². The van der Waals surface area contributed by atoms with Crippen molar-refractivity contribution in [3.63, 3.8) is 0 Å². The summed E-state index contributed by atoms with van der Waals surface area (Å²) in [5.41, 5.74) is 2.50. The number of rotatable bonds is 10. The second kappa shape index (κ2) is 10.4.